The van der Waals surface area contributed by atoms with Crippen molar-refractivity contribution in [2.45, 2.75) is 39.3 Å². The molecule has 0 unspecified atom stereocenters. The predicted octanol–water partition coefficient (Wildman–Crippen LogP) is 3.00. The van der Waals surface area contributed by atoms with Crippen LogP contribution in [0.25, 0.3) is 0 Å². The highest BCUT2D eigenvalue weighted by molar-refractivity contribution is 5.55. The largest absolute Gasteiger partial charge is 0.384 e. The molecule has 2 aromatic rings. The Hall–Kier alpha value is -1.97. The standard InChI is InChI=1S/C16H22N4/c1-12(2)20-16(17)10-14(18-20)11-19-9-5-7-13-6-3-4-8-15(13)19/h3-4,6,8,10,12H,5,7,9,11,17H2,1-2H3. The Balaban J connectivity index is 1.84. The summed E-state index contributed by atoms with van der Waals surface area (Å²) in [5, 5.41) is 4.63. The molecule has 0 spiro atoms. The summed E-state index contributed by atoms with van der Waals surface area (Å²) in [5.74, 6) is 0.750. The second kappa shape index (κ2) is 5.19. The molecule has 0 fully saturated rings. The lowest BCUT2D eigenvalue weighted by molar-refractivity contribution is 0.531. The van der Waals surface area contributed by atoms with E-state index in [1.54, 1.807) is 0 Å². The van der Waals surface area contributed by atoms with Gasteiger partial charge in [0.25, 0.3) is 0 Å². The maximum absolute atomic E-state index is 6.02. The lowest BCUT2D eigenvalue weighted by Gasteiger charge is -2.30. The number of fused-ring (bicyclic) bond motifs is 1. The van der Waals surface area contributed by atoms with Gasteiger partial charge in [0.15, 0.2) is 0 Å². The number of hydrogen-bond donors (Lipinski definition) is 1. The van der Waals surface area contributed by atoms with Crippen LogP contribution >= 0.6 is 0 Å². The van der Waals surface area contributed by atoms with Crippen molar-refractivity contribution in [1.82, 2.24) is 9.78 Å². The Morgan fingerprint density at radius 2 is 2.10 bits per heavy atom. The monoisotopic (exact) mass is 270 g/mol. The summed E-state index contributed by atoms with van der Waals surface area (Å²) in [6, 6.07) is 11.0. The molecule has 0 saturated carbocycles. The van der Waals surface area contributed by atoms with Crippen molar-refractivity contribution in [2.75, 3.05) is 17.2 Å². The fraction of sp³-hybridized carbons (Fsp3) is 0.438. The number of para-hydroxylation sites is 1. The Bertz CT molecular complexity index is 600. The van der Waals surface area contributed by atoms with Gasteiger partial charge in [0.2, 0.25) is 0 Å². The number of aromatic nitrogens is 2. The van der Waals surface area contributed by atoms with E-state index < -0.39 is 0 Å². The van der Waals surface area contributed by atoms with Crippen LogP contribution in [0, 0.1) is 0 Å². The number of hydrogen-bond acceptors (Lipinski definition) is 3. The Morgan fingerprint density at radius 1 is 1.30 bits per heavy atom. The van der Waals surface area contributed by atoms with Crippen LogP contribution in [0.3, 0.4) is 0 Å². The topological polar surface area (TPSA) is 47.1 Å². The van der Waals surface area contributed by atoms with Crippen molar-refractivity contribution in [1.29, 1.82) is 0 Å². The number of nitrogen functional groups attached to an aromatic ring is 1. The van der Waals surface area contributed by atoms with Crippen molar-refractivity contribution in [3.63, 3.8) is 0 Å². The Morgan fingerprint density at radius 3 is 2.85 bits per heavy atom. The molecule has 1 aliphatic heterocycles. The van der Waals surface area contributed by atoms with Crippen LogP contribution in [0.15, 0.2) is 30.3 Å². The van der Waals surface area contributed by atoms with E-state index in [1.807, 2.05) is 10.7 Å². The molecule has 1 aliphatic rings. The molecule has 1 aromatic carbocycles. The van der Waals surface area contributed by atoms with Gasteiger partial charge in [-0.3, -0.25) is 0 Å². The number of aryl methyl sites for hydroxylation is 1. The first-order chi connectivity index (χ1) is 9.65. The van der Waals surface area contributed by atoms with Gasteiger partial charge in [-0.15, -0.1) is 0 Å². The number of anilines is 2. The van der Waals surface area contributed by atoms with Crippen molar-refractivity contribution >= 4 is 11.5 Å². The lowest BCUT2D eigenvalue weighted by Crippen LogP contribution is -2.29. The number of nitrogens with two attached hydrogens (primary N) is 1. The minimum atomic E-state index is 0.303. The number of benzene rings is 1. The first kappa shape index (κ1) is 13.0. The highest BCUT2D eigenvalue weighted by atomic mass is 15.3. The first-order valence-electron chi connectivity index (χ1n) is 7.32. The molecule has 20 heavy (non-hydrogen) atoms. The van der Waals surface area contributed by atoms with Crippen molar-refractivity contribution < 1.29 is 0 Å². The molecule has 0 radical (unpaired) electrons. The molecule has 106 valence electrons. The Labute approximate surface area is 120 Å². The summed E-state index contributed by atoms with van der Waals surface area (Å²) in [4.78, 5) is 2.41. The average molecular weight is 270 g/mol. The normalized spacial score (nSPS) is 14.7. The third kappa shape index (κ3) is 2.38. The van der Waals surface area contributed by atoms with E-state index >= 15 is 0 Å². The van der Waals surface area contributed by atoms with Gasteiger partial charge in [-0.1, -0.05) is 18.2 Å². The molecule has 3 rings (SSSR count). The van der Waals surface area contributed by atoms with E-state index in [0.717, 1.165) is 24.6 Å². The molecule has 0 aliphatic carbocycles. The van der Waals surface area contributed by atoms with Gasteiger partial charge < -0.3 is 10.6 Å². The third-order valence-electron chi connectivity index (χ3n) is 3.86. The smallest absolute Gasteiger partial charge is 0.122 e. The molecule has 1 aromatic heterocycles. The van der Waals surface area contributed by atoms with Gasteiger partial charge in [0.1, 0.15) is 5.82 Å². The van der Waals surface area contributed by atoms with E-state index in [1.165, 1.54) is 24.1 Å². The van der Waals surface area contributed by atoms with Gasteiger partial charge in [-0.2, -0.15) is 5.10 Å². The van der Waals surface area contributed by atoms with Crippen LogP contribution in [0.5, 0.6) is 0 Å². The highest BCUT2D eigenvalue weighted by Gasteiger charge is 2.18. The minimum Gasteiger partial charge on any atom is -0.384 e. The molecule has 0 atom stereocenters. The molecule has 0 amide bonds. The summed E-state index contributed by atoms with van der Waals surface area (Å²) >= 11 is 0. The molecule has 4 nitrogen and oxygen atoms in total. The molecule has 2 N–H and O–H groups in total. The van der Waals surface area contributed by atoms with Gasteiger partial charge in [-0.05, 0) is 38.3 Å². The maximum Gasteiger partial charge on any atom is 0.122 e. The zero-order chi connectivity index (χ0) is 14.1. The highest BCUT2D eigenvalue weighted by Crippen LogP contribution is 2.28. The first-order valence-corrected chi connectivity index (χ1v) is 7.32. The average Bonchev–Trinajstić information content (AvgIpc) is 2.80. The SMILES string of the molecule is CC(C)n1nc(CN2CCCc3ccccc32)cc1N. The van der Waals surface area contributed by atoms with E-state index in [9.17, 15) is 0 Å². The zero-order valence-electron chi connectivity index (χ0n) is 12.2. The summed E-state index contributed by atoms with van der Waals surface area (Å²) in [6.45, 7) is 6.12. The molecular weight excluding hydrogens is 248 g/mol. The van der Waals surface area contributed by atoms with Gasteiger partial charge in [0, 0.05) is 24.3 Å². The molecular formula is C16H22N4. The summed E-state index contributed by atoms with van der Waals surface area (Å²) in [6.07, 6.45) is 2.38. The summed E-state index contributed by atoms with van der Waals surface area (Å²) < 4.78 is 1.89. The summed E-state index contributed by atoms with van der Waals surface area (Å²) in [7, 11) is 0. The number of nitrogens with zero attached hydrogens (tertiary/aromatic N) is 3. The maximum atomic E-state index is 6.02. The predicted molar refractivity (Wildman–Crippen MR) is 82.8 cm³/mol. The van der Waals surface area contributed by atoms with Crippen molar-refractivity contribution in [2.24, 2.45) is 0 Å². The van der Waals surface area contributed by atoms with Crippen LogP contribution in [0.2, 0.25) is 0 Å². The zero-order valence-corrected chi connectivity index (χ0v) is 12.2. The van der Waals surface area contributed by atoms with Crippen molar-refractivity contribution in [3.05, 3.63) is 41.6 Å². The lowest BCUT2D eigenvalue weighted by atomic mass is 10.0. The van der Waals surface area contributed by atoms with Crippen LogP contribution < -0.4 is 10.6 Å². The van der Waals surface area contributed by atoms with E-state index in [0.29, 0.717) is 6.04 Å². The summed E-state index contributed by atoms with van der Waals surface area (Å²) in [5.41, 5.74) is 9.86. The molecule has 0 bridgehead atoms. The third-order valence-corrected chi connectivity index (χ3v) is 3.86. The molecule has 4 heteroatoms. The number of rotatable bonds is 3. The van der Waals surface area contributed by atoms with Crippen LogP contribution in [0.1, 0.15) is 37.6 Å². The van der Waals surface area contributed by atoms with E-state index in [-0.39, 0.29) is 0 Å². The molecule has 0 saturated heterocycles. The quantitative estimate of drug-likeness (QED) is 0.932. The Kier molecular flexibility index (Phi) is 3.38. The van der Waals surface area contributed by atoms with Gasteiger partial charge >= 0.3 is 0 Å². The van der Waals surface area contributed by atoms with Crippen LogP contribution in [-0.4, -0.2) is 16.3 Å². The van der Waals surface area contributed by atoms with E-state index in [2.05, 4.69) is 48.1 Å². The second-order valence-electron chi connectivity index (χ2n) is 5.75. The fourth-order valence-corrected chi connectivity index (χ4v) is 2.92. The van der Waals surface area contributed by atoms with E-state index in [4.69, 9.17) is 5.73 Å². The van der Waals surface area contributed by atoms with Gasteiger partial charge in [-0.25, -0.2) is 4.68 Å². The van der Waals surface area contributed by atoms with Gasteiger partial charge in [0.05, 0.1) is 12.2 Å². The minimum absolute atomic E-state index is 0.303. The second-order valence-corrected chi connectivity index (χ2v) is 5.75. The van der Waals surface area contributed by atoms with Crippen LogP contribution in [0.4, 0.5) is 11.5 Å². The fourth-order valence-electron chi connectivity index (χ4n) is 2.92. The molecule has 2 heterocycles. The van der Waals surface area contributed by atoms with Crippen LogP contribution in [-0.2, 0) is 13.0 Å². The van der Waals surface area contributed by atoms with Crippen molar-refractivity contribution in [3.8, 4) is 0 Å².